The van der Waals surface area contributed by atoms with Crippen molar-refractivity contribution >= 4 is 11.9 Å². The normalized spacial score (nSPS) is 16.8. The van der Waals surface area contributed by atoms with E-state index in [0.29, 0.717) is 19.6 Å². The molecule has 1 aliphatic carbocycles. The average molecular weight is 242 g/mol. The highest BCUT2D eigenvalue weighted by atomic mass is 16.6. The quantitative estimate of drug-likeness (QED) is 0.408. The average Bonchev–Trinajstić information content (AvgIpc) is 2.36. The van der Waals surface area contributed by atoms with Crippen molar-refractivity contribution in [2.45, 2.75) is 51.9 Å². The van der Waals surface area contributed by atoms with Gasteiger partial charge in [-0.05, 0) is 26.2 Å². The van der Waals surface area contributed by atoms with E-state index < -0.39 is 5.97 Å². The Kier molecular flexibility index (Phi) is 6.86. The Morgan fingerprint density at radius 1 is 1.18 bits per heavy atom. The minimum atomic E-state index is -0.416. The number of carbonyl (C=O) groups is 2. The molecule has 0 spiro atoms. The number of hydrogen-bond acceptors (Lipinski definition) is 4. The molecule has 0 radical (unpaired) electrons. The number of carbonyl (C=O) groups excluding carboxylic acids is 2. The van der Waals surface area contributed by atoms with Gasteiger partial charge in [-0.3, -0.25) is 9.59 Å². The first-order valence-corrected chi connectivity index (χ1v) is 6.56. The molecule has 0 amide bonds. The number of esters is 2. The van der Waals surface area contributed by atoms with Gasteiger partial charge in [0, 0.05) is 19.6 Å². The molecule has 1 saturated carbocycles. The monoisotopic (exact) mass is 242 g/mol. The van der Waals surface area contributed by atoms with Crippen LogP contribution in [0.2, 0.25) is 0 Å². The van der Waals surface area contributed by atoms with Crippen LogP contribution < -0.4 is 0 Å². The van der Waals surface area contributed by atoms with Crippen molar-refractivity contribution in [2.24, 2.45) is 5.92 Å². The summed E-state index contributed by atoms with van der Waals surface area (Å²) in [4.78, 5) is 23.0. The zero-order valence-electron chi connectivity index (χ0n) is 10.6. The van der Waals surface area contributed by atoms with E-state index in [4.69, 9.17) is 9.47 Å². The van der Waals surface area contributed by atoms with E-state index in [1.807, 2.05) is 6.92 Å². The van der Waals surface area contributed by atoms with Gasteiger partial charge in [0.1, 0.15) is 0 Å². The fraction of sp³-hybridized carbons (Fsp3) is 0.846. The Balaban J connectivity index is 2.14. The van der Waals surface area contributed by atoms with Crippen LogP contribution in [0, 0.1) is 5.92 Å². The first-order valence-electron chi connectivity index (χ1n) is 6.56. The largest absolute Gasteiger partial charge is 0.393 e. The van der Waals surface area contributed by atoms with E-state index in [-0.39, 0.29) is 18.3 Å². The van der Waals surface area contributed by atoms with E-state index in [1.165, 1.54) is 6.42 Å². The lowest BCUT2D eigenvalue weighted by atomic mass is 9.89. The zero-order valence-corrected chi connectivity index (χ0v) is 10.6. The molecule has 98 valence electrons. The van der Waals surface area contributed by atoms with Gasteiger partial charge in [0.2, 0.25) is 0 Å². The predicted molar refractivity (Wildman–Crippen MR) is 63.4 cm³/mol. The van der Waals surface area contributed by atoms with Crippen LogP contribution in [0.3, 0.4) is 0 Å². The molecule has 1 fully saturated rings. The maximum atomic E-state index is 11.6. The van der Waals surface area contributed by atoms with E-state index in [0.717, 1.165) is 25.7 Å². The Morgan fingerprint density at radius 3 is 2.53 bits per heavy atom. The van der Waals surface area contributed by atoms with Crippen LogP contribution in [0.5, 0.6) is 0 Å². The first kappa shape index (κ1) is 14.2. The molecule has 0 heterocycles. The van der Waals surface area contributed by atoms with Crippen molar-refractivity contribution < 1.29 is 19.1 Å². The molecule has 0 N–H and O–H groups in total. The van der Waals surface area contributed by atoms with Crippen molar-refractivity contribution in [3.8, 4) is 0 Å². The third kappa shape index (κ3) is 5.82. The smallest absolute Gasteiger partial charge is 0.316 e. The van der Waals surface area contributed by atoms with Crippen LogP contribution in [0.15, 0.2) is 0 Å². The maximum Gasteiger partial charge on any atom is 0.316 e. The minimum absolute atomic E-state index is 0.0559. The van der Waals surface area contributed by atoms with Crippen molar-refractivity contribution in [3.63, 3.8) is 0 Å². The fourth-order valence-electron chi connectivity index (χ4n) is 2.05. The highest BCUT2D eigenvalue weighted by Crippen LogP contribution is 2.24. The molecule has 0 unspecified atom stereocenters. The molecule has 17 heavy (non-hydrogen) atoms. The van der Waals surface area contributed by atoms with Crippen molar-refractivity contribution in [2.75, 3.05) is 13.2 Å². The second-order valence-corrected chi connectivity index (χ2v) is 4.43. The second kappa shape index (κ2) is 8.23. The van der Waals surface area contributed by atoms with Crippen LogP contribution in [0.25, 0.3) is 0 Å². The summed E-state index contributed by atoms with van der Waals surface area (Å²) < 4.78 is 9.95. The molecule has 0 aromatic heterocycles. The van der Waals surface area contributed by atoms with Gasteiger partial charge in [-0.1, -0.05) is 19.3 Å². The zero-order chi connectivity index (χ0) is 12.5. The van der Waals surface area contributed by atoms with Crippen molar-refractivity contribution in [3.05, 3.63) is 0 Å². The number of ether oxygens (including phenoxy) is 2. The Labute approximate surface area is 103 Å². The van der Waals surface area contributed by atoms with Gasteiger partial charge < -0.3 is 9.47 Å². The standard InChI is InChI=1S/C13H22O4/c1-2-16-10-6-9-12(14)17-13(15)11-7-4-3-5-8-11/h11H,2-10H2,1H3. The molecular formula is C13H22O4. The Hall–Kier alpha value is -0.900. The summed E-state index contributed by atoms with van der Waals surface area (Å²) >= 11 is 0. The summed E-state index contributed by atoms with van der Waals surface area (Å²) in [7, 11) is 0. The maximum absolute atomic E-state index is 11.6. The van der Waals surface area contributed by atoms with Gasteiger partial charge in [0.15, 0.2) is 0 Å². The molecule has 0 aliphatic heterocycles. The van der Waals surface area contributed by atoms with Crippen LogP contribution >= 0.6 is 0 Å². The molecule has 0 aromatic rings. The van der Waals surface area contributed by atoms with Crippen LogP contribution in [0.1, 0.15) is 51.9 Å². The molecule has 1 aliphatic rings. The van der Waals surface area contributed by atoms with E-state index in [1.54, 1.807) is 0 Å². The highest BCUT2D eigenvalue weighted by molar-refractivity contribution is 5.86. The Morgan fingerprint density at radius 2 is 1.88 bits per heavy atom. The van der Waals surface area contributed by atoms with E-state index in [9.17, 15) is 9.59 Å². The predicted octanol–water partition coefficient (Wildman–Crippen LogP) is 2.45. The lowest BCUT2D eigenvalue weighted by Crippen LogP contribution is -2.23. The van der Waals surface area contributed by atoms with Gasteiger partial charge >= 0.3 is 11.9 Å². The third-order valence-corrected chi connectivity index (χ3v) is 3.03. The number of rotatable bonds is 6. The summed E-state index contributed by atoms with van der Waals surface area (Å²) in [6.45, 7) is 3.10. The SMILES string of the molecule is CCOCCCC(=O)OC(=O)C1CCCCC1. The molecule has 4 nitrogen and oxygen atoms in total. The lowest BCUT2D eigenvalue weighted by Gasteiger charge is -2.19. The van der Waals surface area contributed by atoms with Crippen LogP contribution in [0.4, 0.5) is 0 Å². The fourth-order valence-corrected chi connectivity index (χ4v) is 2.05. The molecule has 0 bridgehead atoms. The molecule has 0 atom stereocenters. The van der Waals surface area contributed by atoms with Crippen LogP contribution in [-0.4, -0.2) is 25.2 Å². The summed E-state index contributed by atoms with van der Waals surface area (Å²) in [6.07, 6.45) is 5.93. The van der Waals surface area contributed by atoms with Crippen LogP contribution in [-0.2, 0) is 19.1 Å². The third-order valence-electron chi connectivity index (χ3n) is 3.03. The molecule has 4 heteroatoms. The van der Waals surface area contributed by atoms with Gasteiger partial charge in [0.25, 0.3) is 0 Å². The van der Waals surface area contributed by atoms with Gasteiger partial charge in [-0.15, -0.1) is 0 Å². The minimum Gasteiger partial charge on any atom is -0.393 e. The van der Waals surface area contributed by atoms with E-state index in [2.05, 4.69) is 0 Å². The summed E-state index contributed by atoms with van der Waals surface area (Å²) in [5, 5.41) is 0. The van der Waals surface area contributed by atoms with E-state index >= 15 is 0 Å². The highest BCUT2D eigenvalue weighted by Gasteiger charge is 2.24. The molecule has 0 aromatic carbocycles. The molecule has 1 rings (SSSR count). The number of hydrogen-bond donors (Lipinski definition) is 0. The second-order valence-electron chi connectivity index (χ2n) is 4.43. The van der Waals surface area contributed by atoms with Gasteiger partial charge in [0.05, 0.1) is 5.92 Å². The molecular weight excluding hydrogens is 220 g/mol. The summed E-state index contributed by atoms with van der Waals surface area (Å²) in [5.74, 6) is -0.800. The van der Waals surface area contributed by atoms with Crippen molar-refractivity contribution in [1.29, 1.82) is 0 Å². The Bertz CT molecular complexity index is 244. The summed E-state index contributed by atoms with van der Waals surface area (Å²) in [5.41, 5.74) is 0. The summed E-state index contributed by atoms with van der Waals surface area (Å²) in [6, 6.07) is 0. The first-order chi connectivity index (χ1) is 8.24. The lowest BCUT2D eigenvalue weighted by molar-refractivity contribution is -0.163. The molecule has 0 saturated heterocycles. The van der Waals surface area contributed by atoms with Gasteiger partial charge in [-0.25, -0.2) is 0 Å². The van der Waals surface area contributed by atoms with Crippen molar-refractivity contribution in [1.82, 2.24) is 0 Å². The topological polar surface area (TPSA) is 52.6 Å². The van der Waals surface area contributed by atoms with Gasteiger partial charge in [-0.2, -0.15) is 0 Å².